The minimum absolute atomic E-state index is 0. The molecule has 0 bridgehead atoms. The topological polar surface area (TPSA) is 34.1 Å². The van der Waals surface area contributed by atoms with Crippen molar-refractivity contribution in [2.75, 3.05) is 0 Å². The van der Waals surface area contributed by atoms with Crippen LogP contribution in [-0.4, -0.2) is 9.29 Å². The van der Waals surface area contributed by atoms with Gasteiger partial charge in [-0.15, -0.1) is 0 Å². The van der Waals surface area contributed by atoms with Crippen molar-refractivity contribution in [3.8, 4) is 0 Å². The van der Waals surface area contributed by atoms with E-state index in [0.29, 0.717) is 0 Å². The maximum Gasteiger partial charge on any atom is 0.549 e. The fourth-order valence-electron chi connectivity index (χ4n) is 0. The molecule has 0 rings (SSSR count). The van der Waals surface area contributed by atoms with Gasteiger partial charge in [0.25, 0.3) is 0 Å². The molecule has 0 aromatic rings. The van der Waals surface area contributed by atoms with E-state index in [4.69, 9.17) is 8.92 Å². The van der Waals surface area contributed by atoms with Crippen molar-refractivity contribution in [1.82, 2.24) is 0 Å². The summed E-state index contributed by atoms with van der Waals surface area (Å²) >= 11 is 0. The Kier molecular flexibility index (Phi) is 21.4. The van der Waals surface area contributed by atoms with Gasteiger partial charge in [-0.05, 0) is 0 Å². The minimum Gasteiger partial charge on any atom is -0.274 e. The molecule has 0 aromatic heterocycles. The first-order valence-corrected chi connectivity index (χ1v) is 1.22. The zero-order valence-electron chi connectivity index (χ0n) is 1.72. The smallest absolute Gasteiger partial charge is 0.274 e. The molecule has 0 radical (unpaired) electrons. The predicted molar refractivity (Wildman–Crippen MR) is 7.13 cm³/mol. The molecule has 0 unspecified atom stereocenters. The van der Waals surface area contributed by atoms with Crippen LogP contribution in [0, 0.1) is 0 Å². The summed E-state index contributed by atoms with van der Waals surface area (Å²) in [5.41, 5.74) is 0. The zero-order valence-corrected chi connectivity index (χ0v) is 5.66. The largest absolute Gasteiger partial charge is 0.549 e. The van der Waals surface area contributed by atoms with Crippen LogP contribution in [0.25, 0.3) is 0 Å². The summed E-state index contributed by atoms with van der Waals surface area (Å²) < 4.78 is 16.8. The molecule has 2 nitrogen and oxygen atoms in total. The maximum absolute atomic E-state index is 8.40. The third kappa shape index (κ3) is 22.2. The normalized spacial score (nSPS) is 2.00. The molecule has 0 fully saturated rings. The van der Waals surface area contributed by atoms with Crippen LogP contribution in [0.2, 0.25) is 0 Å². The van der Waals surface area contributed by atoms with Gasteiger partial charge in [0.15, 0.2) is 0 Å². The van der Waals surface area contributed by atoms with Crippen LogP contribution in [0.4, 0.5) is 0 Å². The molecule has 0 saturated heterocycles. The van der Waals surface area contributed by atoms with E-state index in [0.717, 1.165) is 0 Å². The fraction of sp³-hybridized carbons (Fsp3) is 0. The Labute approximate surface area is 39.8 Å². The zero-order chi connectivity index (χ0) is 2.71. The molecular formula is O2SiW. The molecular weight excluding hydrogens is 244 g/mol. The quantitative estimate of drug-likeness (QED) is 0.532. The Morgan fingerprint density at radius 2 is 1.25 bits per heavy atom. The van der Waals surface area contributed by atoms with Crippen LogP contribution >= 0.6 is 0 Å². The summed E-state index contributed by atoms with van der Waals surface area (Å²) in [6.07, 6.45) is 0. The molecule has 0 aromatic carbocycles. The number of rotatable bonds is 0. The Balaban J connectivity index is 0. The molecule has 22 valence electrons. The van der Waals surface area contributed by atoms with E-state index >= 15 is 0 Å². The first kappa shape index (κ1) is 8.82. The SMILES string of the molecule is O=[Si]=O.[W]. The molecule has 4 heteroatoms. The van der Waals surface area contributed by atoms with Gasteiger partial charge < -0.3 is 0 Å². The number of hydrogen-bond acceptors (Lipinski definition) is 2. The van der Waals surface area contributed by atoms with Gasteiger partial charge in [-0.1, -0.05) is 0 Å². The van der Waals surface area contributed by atoms with Crippen LogP contribution in [0.5, 0.6) is 0 Å². The Morgan fingerprint density at radius 1 is 1.25 bits per heavy atom. The van der Waals surface area contributed by atoms with E-state index in [1.165, 1.54) is 0 Å². The van der Waals surface area contributed by atoms with Gasteiger partial charge in [0.2, 0.25) is 0 Å². The molecule has 0 amide bonds. The Hall–Kier alpha value is 0.505. The summed E-state index contributed by atoms with van der Waals surface area (Å²) in [5, 5.41) is 0. The first-order chi connectivity index (χ1) is 1.41. The van der Waals surface area contributed by atoms with E-state index in [1.807, 2.05) is 0 Å². The molecule has 0 saturated carbocycles. The monoisotopic (exact) mass is 244 g/mol. The second-order valence-corrected chi connectivity index (χ2v) is 0.250. The van der Waals surface area contributed by atoms with Gasteiger partial charge in [0, 0.05) is 21.1 Å². The standard InChI is InChI=1S/O2Si.W/c1-3-2;. The molecule has 0 atom stereocenters. The molecule has 0 aliphatic carbocycles. The van der Waals surface area contributed by atoms with Gasteiger partial charge in [-0.2, -0.15) is 0 Å². The summed E-state index contributed by atoms with van der Waals surface area (Å²) in [6, 6.07) is 0. The van der Waals surface area contributed by atoms with Crippen molar-refractivity contribution in [2.45, 2.75) is 0 Å². The van der Waals surface area contributed by atoms with Gasteiger partial charge in [0.05, 0.1) is 0 Å². The van der Waals surface area contributed by atoms with E-state index in [1.54, 1.807) is 0 Å². The van der Waals surface area contributed by atoms with Crippen molar-refractivity contribution >= 4 is 9.29 Å². The van der Waals surface area contributed by atoms with Crippen LogP contribution in [0.3, 0.4) is 0 Å². The summed E-state index contributed by atoms with van der Waals surface area (Å²) in [7, 11) is -1.42. The summed E-state index contributed by atoms with van der Waals surface area (Å²) in [4.78, 5) is 0. The molecule has 0 spiro atoms. The maximum atomic E-state index is 8.40. The predicted octanol–water partition coefficient (Wildman–Crippen LogP) is -0.621. The Bertz CT molecular complexity index is 27.0. The van der Waals surface area contributed by atoms with E-state index < -0.39 is 9.29 Å². The van der Waals surface area contributed by atoms with Crippen molar-refractivity contribution < 1.29 is 30.0 Å². The van der Waals surface area contributed by atoms with Crippen LogP contribution in [0.15, 0.2) is 0 Å². The van der Waals surface area contributed by atoms with Gasteiger partial charge >= 0.3 is 9.29 Å². The van der Waals surface area contributed by atoms with Crippen LogP contribution in [0.1, 0.15) is 0 Å². The Morgan fingerprint density at radius 3 is 1.25 bits per heavy atom. The van der Waals surface area contributed by atoms with Crippen molar-refractivity contribution in [3.05, 3.63) is 0 Å². The van der Waals surface area contributed by atoms with Crippen molar-refractivity contribution in [1.29, 1.82) is 0 Å². The fourth-order valence-corrected chi connectivity index (χ4v) is 0. The molecule has 0 aliphatic heterocycles. The van der Waals surface area contributed by atoms with Gasteiger partial charge in [-0.3, -0.25) is 8.92 Å². The van der Waals surface area contributed by atoms with E-state index in [-0.39, 0.29) is 21.1 Å². The third-order valence-electron chi connectivity index (χ3n) is 0. The van der Waals surface area contributed by atoms with Crippen LogP contribution < -0.4 is 0 Å². The van der Waals surface area contributed by atoms with Crippen molar-refractivity contribution in [2.24, 2.45) is 0 Å². The molecule has 4 heavy (non-hydrogen) atoms. The minimum atomic E-state index is -1.42. The van der Waals surface area contributed by atoms with Crippen molar-refractivity contribution in [3.63, 3.8) is 0 Å². The van der Waals surface area contributed by atoms with Gasteiger partial charge in [-0.25, -0.2) is 0 Å². The number of hydrogen-bond donors (Lipinski definition) is 0. The van der Waals surface area contributed by atoms with Crippen LogP contribution in [-0.2, 0) is 30.0 Å². The molecule has 0 heterocycles. The average molecular weight is 244 g/mol. The van der Waals surface area contributed by atoms with E-state index in [2.05, 4.69) is 0 Å². The summed E-state index contributed by atoms with van der Waals surface area (Å²) in [5.74, 6) is 0. The first-order valence-electron chi connectivity index (χ1n) is 0.408. The second-order valence-electron chi connectivity index (χ2n) is 0.0833. The average Bonchev–Trinajstić information content (AvgIpc) is 0.918. The molecule has 0 N–H and O–H groups in total. The van der Waals surface area contributed by atoms with Gasteiger partial charge in [0.1, 0.15) is 0 Å². The summed E-state index contributed by atoms with van der Waals surface area (Å²) in [6.45, 7) is 0. The molecule has 0 aliphatic rings. The third-order valence-corrected chi connectivity index (χ3v) is 0. The second kappa shape index (κ2) is 9.71. The van der Waals surface area contributed by atoms with E-state index in [9.17, 15) is 0 Å².